The number of aromatic nitrogens is 1. The molecule has 0 aliphatic carbocycles. The van der Waals surface area contributed by atoms with Gasteiger partial charge in [0.15, 0.2) is 0 Å². The van der Waals surface area contributed by atoms with Gasteiger partial charge in [-0.05, 0) is 34.6 Å². The number of hydrogen-bond donors (Lipinski definition) is 2. The fourth-order valence-electron chi connectivity index (χ4n) is 3.32. The van der Waals surface area contributed by atoms with E-state index in [0.29, 0.717) is 17.3 Å². The zero-order valence-electron chi connectivity index (χ0n) is 18.5. The summed E-state index contributed by atoms with van der Waals surface area (Å²) in [6, 6.07) is 14.2. The second-order valence-corrected chi connectivity index (χ2v) is 8.48. The molecule has 2 N–H and O–H groups in total. The van der Waals surface area contributed by atoms with Crippen molar-refractivity contribution in [1.29, 1.82) is 0 Å². The zero-order valence-corrected chi connectivity index (χ0v) is 19.4. The molecular formula is C22H33N4O5P. The molecule has 176 valence electrons. The molecule has 1 saturated heterocycles. The lowest BCUT2D eigenvalue weighted by molar-refractivity contribution is -0.244. The molecule has 32 heavy (non-hydrogen) atoms. The molecule has 1 fully saturated rings. The summed E-state index contributed by atoms with van der Waals surface area (Å²) in [6.45, 7) is 9.48. The van der Waals surface area contributed by atoms with Gasteiger partial charge in [0.1, 0.15) is 5.82 Å². The van der Waals surface area contributed by atoms with E-state index in [1.165, 1.54) is 5.56 Å². The van der Waals surface area contributed by atoms with E-state index in [9.17, 15) is 4.79 Å². The fourth-order valence-corrected chi connectivity index (χ4v) is 3.32. The molecule has 1 atom stereocenters. The van der Waals surface area contributed by atoms with Crippen LogP contribution in [0.25, 0.3) is 0 Å². The molecule has 1 aromatic heterocycles. The second-order valence-electron chi connectivity index (χ2n) is 7.87. The summed E-state index contributed by atoms with van der Waals surface area (Å²) in [6.07, 6.45) is 2.80. The Hall–Kier alpha value is -2.42. The summed E-state index contributed by atoms with van der Waals surface area (Å²) in [4.78, 5) is 30.7. The van der Waals surface area contributed by atoms with Crippen LogP contribution < -0.4 is 10.2 Å². The summed E-state index contributed by atoms with van der Waals surface area (Å²) >= 11 is 0. The number of rotatable bonds is 8. The summed E-state index contributed by atoms with van der Waals surface area (Å²) in [5, 5.41) is 10.4. The molecule has 1 aliphatic heterocycles. The first-order chi connectivity index (χ1) is 15.4. The van der Waals surface area contributed by atoms with Crippen molar-refractivity contribution in [3.8, 4) is 0 Å². The van der Waals surface area contributed by atoms with Gasteiger partial charge in [-0.3, -0.25) is 9.69 Å². The maximum Gasteiger partial charge on any atom is 0.521 e. The van der Waals surface area contributed by atoms with Crippen LogP contribution in [-0.2, 0) is 15.8 Å². The third-order valence-electron chi connectivity index (χ3n) is 5.03. The molecule has 2 heterocycles. The molecule has 0 spiro atoms. The SMILES string of the molecule is CC(C)CCNc1ncccc1C(=O)N1CCN(Cc2ccccc2)CC1.O=[P+]([O-])OO.[HH]. The highest BCUT2D eigenvalue weighted by molar-refractivity contribution is 7.30. The van der Waals surface area contributed by atoms with Crippen LogP contribution in [0.4, 0.5) is 5.82 Å². The predicted molar refractivity (Wildman–Crippen MR) is 123 cm³/mol. The Kier molecular flexibility index (Phi) is 11.2. The Bertz CT molecular complexity index is 852. The third kappa shape index (κ3) is 8.98. The van der Waals surface area contributed by atoms with Crippen molar-refractivity contribution in [3.63, 3.8) is 0 Å². The Balaban J connectivity index is 0.000000821. The molecule has 1 amide bonds. The van der Waals surface area contributed by atoms with E-state index < -0.39 is 8.25 Å². The van der Waals surface area contributed by atoms with Crippen molar-refractivity contribution < 1.29 is 25.6 Å². The molecule has 0 bridgehead atoms. The average Bonchev–Trinajstić information content (AvgIpc) is 2.80. The molecular weight excluding hydrogens is 431 g/mol. The van der Waals surface area contributed by atoms with Gasteiger partial charge in [0, 0.05) is 51.6 Å². The molecule has 9 nitrogen and oxygen atoms in total. The lowest BCUT2D eigenvalue weighted by atomic mass is 10.1. The smallest absolute Gasteiger partial charge is 0.521 e. The summed E-state index contributed by atoms with van der Waals surface area (Å²) < 4.78 is 11.6. The second kappa shape index (κ2) is 13.9. The van der Waals surface area contributed by atoms with E-state index in [1.807, 2.05) is 23.1 Å². The van der Waals surface area contributed by atoms with Crippen LogP contribution in [0, 0.1) is 5.92 Å². The van der Waals surface area contributed by atoms with Gasteiger partial charge < -0.3 is 15.1 Å². The first kappa shape index (κ1) is 25.8. The highest BCUT2D eigenvalue weighted by Crippen LogP contribution is 2.17. The van der Waals surface area contributed by atoms with Crippen molar-refractivity contribution in [2.45, 2.75) is 26.8 Å². The van der Waals surface area contributed by atoms with E-state index in [0.717, 1.165) is 45.7 Å². The van der Waals surface area contributed by atoms with Gasteiger partial charge in [0.2, 0.25) is 0 Å². The van der Waals surface area contributed by atoms with Crippen molar-refractivity contribution in [2.75, 3.05) is 38.0 Å². The Morgan fingerprint density at radius 1 is 1.22 bits per heavy atom. The maximum absolute atomic E-state index is 13.0. The summed E-state index contributed by atoms with van der Waals surface area (Å²) in [5.74, 6) is 1.41. The number of carbonyl (C=O) groups is 1. The number of carbonyl (C=O) groups excluding carboxylic acids is 1. The van der Waals surface area contributed by atoms with Crippen molar-refractivity contribution in [3.05, 3.63) is 59.8 Å². The number of nitrogens with zero attached hydrogens (tertiary/aromatic N) is 3. The van der Waals surface area contributed by atoms with Crippen molar-refractivity contribution in [1.82, 2.24) is 14.8 Å². The minimum Gasteiger partial charge on any atom is -0.565 e. The van der Waals surface area contributed by atoms with Crippen LogP contribution in [-0.4, -0.2) is 58.7 Å². The molecule has 10 heteroatoms. The van der Waals surface area contributed by atoms with Crippen LogP contribution in [0.1, 0.15) is 37.6 Å². The number of anilines is 1. The Morgan fingerprint density at radius 2 is 1.88 bits per heavy atom. The predicted octanol–water partition coefficient (Wildman–Crippen LogP) is 3.24. The lowest BCUT2D eigenvalue weighted by Crippen LogP contribution is -2.48. The van der Waals surface area contributed by atoms with Crippen molar-refractivity contribution >= 4 is 20.0 Å². The number of piperazine rings is 1. The third-order valence-corrected chi connectivity index (χ3v) is 5.16. The quantitative estimate of drug-likeness (QED) is 0.347. The van der Waals surface area contributed by atoms with Gasteiger partial charge in [-0.25, -0.2) is 10.2 Å². The normalized spacial score (nSPS) is 14.5. The van der Waals surface area contributed by atoms with Crippen molar-refractivity contribution in [2.24, 2.45) is 5.92 Å². The first-order valence-corrected chi connectivity index (χ1v) is 11.7. The summed E-state index contributed by atoms with van der Waals surface area (Å²) in [5.41, 5.74) is 2.00. The molecule has 0 saturated carbocycles. The number of benzene rings is 1. The lowest BCUT2D eigenvalue weighted by Gasteiger charge is -2.35. The number of amides is 1. The average molecular weight is 465 g/mol. The largest absolute Gasteiger partial charge is 0.565 e. The van der Waals surface area contributed by atoms with Gasteiger partial charge >= 0.3 is 8.25 Å². The number of nitrogens with one attached hydrogen (secondary N) is 1. The van der Waals surface area contributed by atoms with Crippen LogP contribution in [0.5, 0.6) is 0 Å². The maximum atomic E-state index is 13.0. The number of hydrogen-bond acceptors (Lipinski definition) is 8. The molecule has 1 aromatic carbocycles. The van der Waals surface area contributed by atoms with Gasteiger partial charge in [-0.2, -0.15) is 0 Å². The minimum absolute atomic E-state index is 0. The molecule has 0 radical (unpaired) electrons. The van der Waals surface area contributed by atoms with E-state index in [4.69, 9.17) is 14.7 Å². The molecule has 1 aliphatic rings. The highest BCUT2D eigenvalue weighted by atomic mass is 31.1. The fraction of sp³-hybridized carbons (Fsp3) is 0.455. The monoisotopic (exact) mass is 464 g/mol. The van der Waals surface area contributed by atoms with Crippen LogP contribution >= 0.6 is 8.25 Å². The zero-order chi connectivity index (χ0) is 23.3. The molecule has 3 rings (SSSR count). The minimum atomic E-state index is -3.04. The van der Waals surface area contributed by atoms with Crippen LogP contribution in [0.2, 0.25) is 0 Å². The van der Waals surface area contributed by atoms with Gasteiger partial charge in [0.25, 0.3) is 5.91 Å². The topological polar surface area (TPSA) is 118 Å². The van der Waals surface area contributed by atoms with E-state index in [2.05, 4.69) is 58.0 Å². The van der Waals surface area contributed by atoms with Gasteiger partial charge in [0.05, 0.1) is 5.56 Å². The Labute approximate surface area is 191 Å². The van der Waals surface area contributed by atoms with E-state index in [-0.39, 0.29) is 7.33 Å². The first-order valence-electron chi connectivity index (χ1n) is 10.6. The van der Waals surface area contributed by atoms with Gasteiger partial charge in [-0.15, -0.1) is 0 Å². The van der Waals surface area contributed by atoms with Crippen LogP contribution in [0.3, 0.4) is 0 Å². The highest BCUT2D eigenvalue weighted by Gasteiger charge is 2.24. The molecule has 2 aromatic rings. The van der Waals surface area contributed by atoms with E-state index >= 15 is 0 Å². The number of pyridine rings is 1. The molecule has 1 unspecified atom stereocenters. The van der Waals surface area contributed by atoms with Crippen LogP contribution in [0.15, 0.2) is 48.7 Å². The van der Waals surface area contributed by atoms with E-state index in [1.54, 1.807) is 6.20 Å². The standard InChI is InChI=1S/C22H30N4O.HO4P.H2/c1-18(2)10-12-24-21-20(9-6-11-23-21)22(27)26-15-13-25(14-16-26)17-19-7-4-3-5-8-19;1-4-5(2)3;/h3-9,11,18H,10,12-17H2,1-2H3,(H,23,24);1H;1H. The Morgan fingerprint density at radius 3 is 2.47 bits per heavy atom. The van der Waals surface area contributed by atoms with Gasteiger partial charge in [-0.1, -0.05) is 44.2 Å². The summed E-state index contributed by atoms with van der Waals surface area (Å²) in [7, 11) is -3.04.